The molecule has 0 aromatic rings. The number of hydrogen-bond acceptors (Lipinski definition) is 3. The van der Waals surface area contributed by atoms with Crippen molar-refractivity contribution in [3.05, 3.63) is 0 Å². The number of unbranched alkanes of at least 4 members (excludes halogenated alkanes) is 5. The zero-order chi connectivity index (χ0) is 17.0. The molecule has 6 heteroatoms. The molecule has 0 aliphatic rings. The van der Waals surface area contributed by atoms with Crippen LogP contribution in [-0.2, 0) is 14.4 Å². The Morgan fingerprint density at radius 3 is 1.68 bits per heavy atom. The highest BCUT2D eigenvalue weighted by molar-refractivity contribution is 5.72. The SMILES string of the molecule is CC(CCCCCCCCC(CCC(=O)O)C(=O)O)C(=O)O. The Morgan fingerprint density at radius 2 is 1.23 bits per heavy atom. The lowest BCUT2D eigenvalue weighted by Crippen LogP contribution is -2.15. The molecule has 0 bridgehead atoms. The minimum absolute atomic E-state index is 0.0985. The van der Waals surface area contributed by atoms with E-state index in [0.717, 1.165) is 38.5 Å². The molecule has 0 aliphatic carbocycles. The van der Waals surface area contributed by atoms with Gasteiger partial charge < -0.3 is 15.3 Å². The first kappa shape index (κ1) is 20.4. The summed E-state index contributed by atoms with van der Waals surface area (Å²) in [5, 5.41) is 26.3. The van der Waals surface area contributed by atoms with Gasteiger partial charge >= 0.3 is 17.9 Å². The smallest absolute Gasteiger partial charge is 0.306 e. The van der Waals surface area contributed by atoms with E-state index in [1.807, 2.05) is 0 Å². The van der Waals surface area contributed by atoms with Crippen LogP contribution in [0.3, 0.4) is 0 Å². The van der Waals surface area contributed by atoms with Crippen LogP contribution in [0.2, 0.25) is 0 Å². The van der Waals surface area contributed by atoms with Crippen molar-refractivity contribution >= 4 is 17.9 Å². The average Bonchev–Trinajstić information content (AvgIpc) is 2.43. The Kier molecular flexibility index (Phi) is 11.1. The molecule has 0 radical (unpaired) electrons. The lowest BCUT2D eigenvalue weighted by atomic mass is 9.95. The lowest BCUT2D eigenvalue weighted by Gasteiger charge is -2.10. The van der Waals surface area contributed by atoms with E-state index in [0.29, 0.717) is 12.8 Å². The molecule has 0 aliphatic heterocycles. The summed E-state index contributed by atoms with van der Waals surface area (Å²) < 4.78 is 0. The fraction of sp³-hybridized carbons (Fsp3) is 0.812. The third-order valence-electron chi connectivity index (χ3n) is 3.92. The van der Waals surface area contributed by atoms with Gasteiger partial charge in [-0.3, -0.25) is 14.4 Å². The van der Waals surface area contributed by atoms with Crippen molar-refractivity contribution in [1.82, 2.24) is 0 Å². The van der Waals surface area contributed by atoms with Gasteiger partial charge in [0.05, 0.1) is 11.8 Å². The van der Waals surface area contributed by atoms with E-state index in [-0.39, 0.29) is 18.8 Å². The van der Waals surface area contributed by atoms with Crippen molar-refractivity contribution < 1.29 is 29.7 Å². The summed E-state index contributed by atoms with van der Waals surface area (Å²) in [6, 6.07) is 0. The fourth-order valence-electron chi connectivity index (χ4n) is 2.36. The van der Waals surface area contributed by atoms with E-state index in [2.05, 4.69) is 0 Å². The normalized spacial score (nSPS) is 13.5. The van der Waals surface area contributed by atoms with Gasteiger partial charge in [-0.15, -0.1) is 0 Å². The Labute approximate surface area is 131 Å². The van der Waals surface area contributed by atoms with Gasteiger partial charge in [0.25, 0.3) is 0 Å². The first-order valence-corrected chi connectivity index (χ1v) is 8.02. The van der Waals surface area contributed by atoms with Crippen LogP contribution in [0.5, 0.6) is 0 Å². The van der Waals surface area contributed by atoms with Crippen LogP contribution in [-0.4, -0.2) is 33.2 Å². The summed E-state index contributed by atoms with van der Waals surface area (Å²) in [4.78, 5) is 32.1. The molecule has 128 valence electrons. The molecule has 0 spiro atoms. The quantitative estimate of drug-likeness (QED) is 0.423. The molecule has 0 saturated carbocycles. The second-order valence-corrected chi connectivity index (χ2v) is 5.91. The van der Waals surface area contributed by atoms with Gasteiger partial charge in [0.15, 0.2) is 0 Å². The summed E-state index contributed by atoms with van der Waals surface area (Å²) >= 11 is 0. The number of aliphatic carboxylic acids is 3. The van der Waals surface area contributed by atoms with E-state index >= 15 is 0 Å². The molecule has 6 nitrogen and oxygen atoms in total. The molecule has 22 heavy (non-hydrogen) atoms. The maximum Gasteiger partial charge on any atom is 0.306 e. The number of rotatable bonds is 14. The van der Waals surface area contributed by atoms with Crippen LogP contribution in [0.4, 0.5) is 0 Å². The average molecular weight is 316 g/mol. The largest absolute Gasteiger partial charge is 0.481 e. The first-order valence-electron chi connectivity index (χ1n) is 8.02. The van der Waals surface area contributed by atoms with Gasteiger partial charge in [-0.2, -0.15) is 0 Å². The van der Waals surface area contributed by atoms with Crippen LogP contribution in [0.15, 0.2) is 0 Å². The molecular formula is C16H28O6. The second-order valence-electron chi connectivity index (χ2n) is 5.91. The zero-order valence-electron chi connectivity index (χ0n) is 13.3. The summed E-state index contributed by atoms with van der Waals surface area (Å²) in [6.07, 6.45) is 6.99. The molecule has 2 atom stereocenters. The van der Waals surface area contributed by atoms with Crippen molar-refractivity contribution in [2.24, 2.45) is 11.8 Å². The molecule has 0 saturated heterocycles. The van der Waals surface area contributed by atoms with E-state index in [9.17, 15) is 14.4 Å². The van der Waals surface area contributed by atoms with E-state index < -0.39 is 23.8 Å². The molecule has 0 aromatic carbocycles. The van der Waals surface area contributed by atoms with Gasteiger partial charge in [-0.05, 0) is 19.3 Å². The Balaban J connectivity index is 3.59. The van der Waals surface area contributed by atoms with Crippen LogP contribution < -0.4 is 0 Å². The maximum atomic E-state index is 11.0. The zero-order valence-corrected chi connectivity index (χ0v) is 13.3. The van der Waals surface area contributed by atoms with Crippen molar-refractivity contribution in [3.8, 4) is 0 Å². The van der Waals surface area contributed by atoms with E-state index in [1.165, 1.54) is 0 Å². The first-order chi connectivity index (χ1) is 10.3. The maximum absolute atomic E-state index is 11.0. The van der Waals surface area contributed by atoms with Crippen molar-refractivity contribution in [2.45, 2.75) is 71.1 Å². The van der Waals surface area contributed by atoms with Crippen molar-refractivity contribution in [3.63, 3.8) is 0 Å². The molecule has 0 rings (SSSR count). The van der Waals surface area contributed by atoms with Crippen LogP contribution in [0.1, 0.15) is 71.1 Å². The Hall–Kier alpha value is -1.59. The molecule has 0 aromatic heterocycles. The highest BCUT2D eigenvalue weighted by Gasteiger charge is 2.17. The summed E-state index contributed by atoms with van der Waals surface area (Å²) in [5.41, 5.74) is 0. The number of carboxylic acid groups (broad SMARTS) is 3. The molecule has 0 amide bonds. The second kappa shape index (κ2) is 12.0. The van der Waals surface area contributed by atoms with Gasteiger partial charge in [-0.25, -0.2) is 0 Å². The predicted molar refractivity (Wildman–Crippen MR) is 81.7 cm³/mol. The molecule has 0 fully saturated rings. The van der Waals surface area contributed by atoms with E-state index in [4.69, 9.17) is 15.3 Å². The monoisotopic (exact) mass is 316 g/mol. The molecule has 3 N–H and O–H groups in total. The van der Waals surface area contributed by atoms with Crippen LogP contribution in [0, 0.1) is 11.8 Å². The number of hydrogen-bond donors (Lipinski definition) is 3. The van der Waals surface area contributed by atoms with Crippen LogP contribution in [0.25, 0.3) is 0 Å². The highest BCUT2D eigenvalue weighted by atomic mass is 16.4. The molecule has 2 unspecified atom stereocenters. The predicted octanol–water partition coefficient (Wildman–Crippen LogP) is 3.39. The molecular weight excluding hydrogens is 288 g/mol. The standard InChI is InChI=1S/C16H28O6/c1-12(15(19)20)8-6-4-2-3-5-7-9-13(16(21)22)10-11-14(17)18/h12-13H,2-11H2,1H3,(H,17,18)(H,19,20)(H,21,22). The lowest BCUT2D eigenvalue weighted by molar-refractivity contribution is -0.143. The summed E-state index contributed by atoms with van der Waals surface area (Å²) in [5.74, 6) is -3.47. The van der Waals surface area contributed by atoms with Crippen molar-refractivity contribution in [2.75, 3.05) is 0 Å². The summed E-state index contributed by atoms with van der Waals surface area (Å²) in [7, 11) is 0. The third kappa shape index (κ3) is 11.1. The van der Waals surface area contributed by atoms with Crippen molar-refractivity contribution in [1.29, 1.82) is 0 Å². The van der Waals surface area contributed by atoms with Crippen LogP contribution >= 0.6 is 0 Å². The van der Waals surface area contributed by atoms with Gasteiger partial charge in [0.2, 0.25) is 0 Å². The van der Waals surface area contributed by atoms with Gasteiger partial charge in [0, 0.05) is 6.42 Å². The van der Waals surface area contributed by atoms with Gasteiger partial charge in [0.1, 0.15) is 0 Å². The molecule has 0 heterocycles. The Bertz CT molecular complexity index is 353. The minimum atomic E-state index is -0.957. The Morgan fingerprint density at radius 1 is 0.727 bits per heavy atom. The number of carbonyl (C=O) groups is 3. The number of carboxylic acids is 3. The highest BCUT2D eigenvalue weighted by Crippen LogP contribution is 2.18. The third-order valence-corrected chi connectivity index (χ3v) is 3.92. The van der Waals surface area contributed by atoms with Gasteiger partial charge in [-0.1, -0.05) is 45.4 Å². The van der Waals surface area contributed by atoms with E-state index in [1.54, 1.807) is 6.92 Å². The minimum Gasteiger partial charge on any atom is -0.481 e. The summed E-state index contributed by atoms with van der Waals surface area (Å²) in [6.45, 7) is 1.71. The topological polar surface area (TPSA) is 112 Å². The fourth-order valence-corrected chi connectivity index (χ4v) is 2.36.